The van der Waals surface area contributed by atoms with Crippen LogP contribution in [0.2, 0.25) is 0 Å². The van der Waals surface area contributed by atoms with E-state index in [4.69, 9.17) is 0 Å². The van der Waals surface area contributed by atoms with Crippen LogP contribution >= 0.6 is 0 Å². The van der Waals surface area contributed by atoms with Crippen LogP contribution in [0, 0.1) is 5.41 Å². The Balaban J connectivity index is 1.87. The quantitative estimate of drug-likeness (QED) is 0.448. The Hall–Kier alpha value is -2.19. The summed E-state index contributed by atoms with van der Waals surface area (Å²) in [5, 5.41) is 5.96. The van der Waals surface area contributed by atoms with E-state index in [2.05, 4.69) is 48.5 Å². The Morgan fingerprint density at radius 1 is 1.26 bits per heavy atom. The topological polar surface area (TPSA) is 91.4 Å². The molecule has 2 atom stereocenters. The predicted molar refractivity (Wildman–Crippen MR) is 141 cm³/mol. The van der Waals surface area contributed by atoms with Gasteiger partial charge in [0.05, 0.1) is 5.25 Å². The average molecular weight is 491 g/mol. The number of nitrogens with zero attached hydrogens (tertiary/aromatic N) is 2. The first-order valence-corrected chi connectivity index (χ1v) is 13.7. The number of aromatic nitrogens is 1. The van der Waals surface area contributed by atoms with Gasteiger partial charge in [0.2, 0.25) is 10.0 Å². The average Bonchev–Trinajstić information content (AvgIpc) is 2.80. The molecule has 0 radical (unpaired) electrons. The standard InChI is InChI=1S/C26H42N4O3S/c1-8-20(3)34(32,33)30(7)24-17-22(13-15-28-24)25(31)29-19(2)12-14-27-18-21-10-9-11-23(16-21)26(4,5)6/h10,13,15-17,19-20,27H,8-9,11-12,14,18H2,1-7H3,(H,29,31)/t19-,20?/m0/s1. The van der Waals surface area contributed by atoms with Crippen LogP contribution in [0.5, 0.6) is 0 Å². The molecule has 2 rings (SSSR count). The Labute approximate surface area is 206 Å². The molecule has 1 aromatic rings. The van der Waals surface area contributed by atoms with Crippen molar-refractivity contribution in [2.24, 2.45) is 5.41 Å². The first-order valence-electron chi connectivity index (χ1n) is 12.2. The smallest absolute Gasteiger partial charge is 0.251 e. The lowest BCUT2D eigenvalue weighted by atomic mass is 9.80. The van der Waals surface area contributed by atoms with Crippen molar-refractivity contribution in [3.63, 3.8) is 0 Å². The largest absolute Gasteiger partial charge is 0.350 e. The maximum Gasteiger partial charge on any atom is 0.251 e. The normalized spacial score (nSPS) is 16.3. The summed E-state index contributed by atoms with van der Waals surface area (Å²) in [5.41, 5.74) is 3.42. The van der Waals surface area contributed by atoms with E-state index in [9.17, 15) is 13.2 Å². The SMILES string of the molecule is CCC(C)S(=O)(=O)N(C)c1cc(C(=O)N[C@@H](C)CCNCC2=CCCC(C(C)(C)C)=C2)ccn1. The lowest BCUT2D eigenvalue weighted by molar-refractivity contribution is 0.0938. The molecular formula is C26H42N4O3S. The molecule has 1 aromatic heterocycles. The van der Waals surface area contributed by atoms with Crippen LogP contribution < -0.4 is 14.9 Å². The minimum atomic E-state index is -3.52. The molecule has 8 heteroatoms. The van der Waals surface area contributed by atoms with Crippen molar-refractivity contribution in [1.82, 2.24) is 15.6 Å². The van der Waals surface area contributed by atoms with Crippen molar-refractivity contribution in [2.75, 3.05) is 24.4 Å². The molecule has 190 valence electrons. The van der Waals surface area contributed by atoms with Crippen molar-refractivity contribution >= 4 is 21.7 Å². The molecule has 0 aliphatic heterocycles. The second-order valence-corrected chi connectivity index (χ2v) is 12.6. The van der Waals surface area contributed by atoms with Gasteiger partial charge in [-0.25, -0.2) is 13.4 Å². The third-order valence-electron chi connectivity index (χ3n) is 6.40. The van der Waals surface area contributed by atoms with Crippen LogP contribution in [0.25, 0.3) is 0 Å². The van der Waals surface area contributed by atoms with Crippen molar-refractivity contribution < 1.29 is 13.2 Å². The molecule has 1 aliphatic rings. The van der Waals surface area contributed by atoms with Gasteiger partial charge in [0, 0.05) is 31.4 Å². The Morgan fingerprint density at radius 3 is 2.62 bits per heavy atom. The molecule has 0 fully saturated rings. The van der Waals surface area contributed by atoms with E-state index >= 15 is 0 Å². The van der Waals surface area contributed by atoms with E-state index < -0.39 is 15.3 Å². The van der Waals surface area contributed by atoms with Gasteiger partial charge in [-0.05, 0) is 69.2 Å². The van der Waals surface area contributed by atoms with Crippen molar-refractivity contribution in [1.29, 1.82) is 0 Å². The number of allylic oxidation sites excluding steroid dienone is 2. The molecule has 1 unspecified atom stereocenters. The van der Waals surface area contributed by atoms with E-state index in [1.165, 1.54) is 30.5 Å². The minimum absolute atomic E-state index is 0.0285. The summed E-state index contributed by atoms with van der Waals surface area (Å²) < 4.78 is 26.4. The number of anilines is 1. The summed E-state index contributed by atoms with van der Waals surface area (Å²) in [7, 11) is -2.05. The Kier molecular flexibility index (Phi) is 9.88. The lowest BCUT2D eigenvalue weighted by Gasteiger charge is -2.26. The molecular weight excluding hydrogens is 448 g/mol. The van der Waals surface area contributed by atoms with E-state index in [1.807, 2.05) is 13.8 Å². The monoisotopic (exact) mass is 490 g/mol. The number of carbonyl (C=O) groups is 1. The highest BCUT2D eigenvalue weighted by molar-refractivity contribution is 7.93. The summed E-state index contributed by atoms with van der Waals surface area (Å²) >= 11 is 0. The molecule has 0 saturated carbocycles. The molecule has 1 amide bonds. The molecule has 2 N–H and O–H groups in total. The summed E-state index contributed by atoms with van der Waals surface area (Å²) in [6.45, 7) is 13.9. The number of amides is 1. The van der Waals surface area contributed by atoms with E-state index in [-0.39, 0.29) is 23.2 Å². The second-order valence-electron chi connectivity index (χ2n) is 10.2. The van der Waals surface area contributed by atoms with Gasteiger partial charge in [-0.2, -0.15) is 0 Å². The van der Waals surface area contributed by atoms with Crippen molar-refractivity contribution in [3.8, 4) is 0 Å². The van der Waals surface area contributed by atoms with Gasteiger partial charge in [-0.15, -0.1) is 0 Å². The molecule has 0 bridgehead atoms. The van der Waals surface area contributed by atoms with E-state index in [0.29, 0.717) is 12.0 Å². The van der Waals surface area contributed by atoms with Gasteiger partial charge >= 0.3 is 0 Å². The van der Waals surface area contributed by atoms with Crippen LogP contribution in [0.3, 0.4) is 0 Å². The molecule has 0 spiro atoms. The van der Waals surface area contributed by atoms with E-state index in [0.717, 1.165) is 36.7 Å². The van der Waals surface area contributed by atoms with Gasteiger partial charge < -0.3 is 10.6 Å². The van der Waals surface area contributed by atoms with E-state index in [1.54, 1.807) is 13.0 Å². The van der Waals surface area contributed by atoms with Crippen LogP contribution in [-0.2, 0) is 10.0 Å². The third kappa shape index (κ3) is 7.67. The van der Waals surface area contributed by atoms with Crippen molar-refractivity contribution in [3.05, 3.63) is 47.2 Å². The molecule has 7 nitrogen and oxygen atoms in total. The first-order chi connectivity index (χ1) is 15.9. The Morgan fingerprint density at radius 2 is 1.97 bits per heavy atom. The number of hydrogen-bond acceptors (Lipinski definition) is 5. The number of pyridine rings is 1. The zero-order valence-corrected chi connectivity index (χ0v) is 22.6. The zero-order valence-electron chi connectivity index (χ0n) is 21.8. The molecule has 1 heterocycles. The maximum absolute atomic E-state index is 12.7. The van der Waals surface area contributed by atoms with Crippen LogP contribution in [-0.4, -0.2) is 50.7 Å². The highest BCUT2D eigenvalue weighted by atomic mass is 32.2. The third-order valence-corrected chi connectivity index (χ3v) is 8.70. The van der Waals surface area contributed by atoms with Gasteiger partial charge in [0.25, 0.3) is 5.91 Å². The fourth-order valence-corrected chi connectivity index (χ4v) is 5.08. The number of nitrogens with one attached hydrogen (secondary N) is 2. The van der Waals surface area contributed by atoms with Gasteiger partial charge in [-0.3, -0.25) is 9.10 Å². The fraction of sp³-hybridized carbons (Fsp3) is 0.615. The van der Waals surface area contributed by atoms with Gasteiger partial charge in [-0.1, -0.05) is 45.4 Å². The van der Waals surface area contributed by atoms with Gasteiger partial charge in [0.1, 0.15) is 5.82 Å². The molecule has 0 saturated heterocycles. The zero-order chi connectivity index (χ0) is 25.5. The Bertz CT molecular complexity index is 1010. The first kappa shape index (κ1) is 28.1. The maximum atomic E-state index is 12.7. The van der Waals surface area contributed by atoms with Crippen LogP contribution in [0.1, 0.15) is 77.6 Å². The highest BCUT2D eigenvalue weighted by Crippen LogP contribution is 2.32. The summed E-state index contributed by atoms with van der Waals surface area (Å²) in [6, 6.07) is 3.09. The number of hydrogen-bond donors (Lipinski definition) is 2. The van der Waals surface area contributed by atoms with Gasteiger partial charge in [0.15, 0.2) is 0 Å². The number of carbonyl (C=O) groups excluding carboxylic acids is 1. The lowest BCUT2D eigenvalue weighted by Crippen LogP contribution is -2.36. The summed E-state index contributed by atoms with van der Waals surface area (Å²) in [4.78, 5) is 16.9. The number of sulfonamides is 1. The summed E-state index contributed by atoms with van der Waals surface area (Å²) in [6.07, 6.45) is 9.60. The summed E-state index contributed by atoms with van der Waals surface area (Å²) in [5.74, 6) is 0.00364. The van der Waals surface area contributed by atoms with Crippen LogP contribution in [0.15, 0.2) is 41.6 Å². The molecule has 1 aliphatic carbocycles. The second kappa shape index (κ2) is 12.0. The number of rotatable bonds is 11. The molecule has 0 aromatic carbocycles. The fourth-order valence-electron chi connectivity index (χ4n) is 3.76. The van der Waals surface area contributed by atoms with Crippen LogP contribution in [0.4, 0.5) is 5.82 Å². The minimum Gasteiger partial charge on any atom is -0.350 e. The molecule has 34 heavy (non-hydrogen) atoms. The highest BCUT2D eigenvalue weighted by Gasteiger charge is 2.26. The van der Waals surface area contributed by atoms with Crippen molar-refractivity contribution in [2.45, 2.75) is 78.5 Å². The predicted octanol–water partition coefficient (Wildman–Crippen LogP) is 4.44.